The van der Waals surface area contributed by atoms with E-state index >= 15 is 0 Å². The van der Waals surface area contributed by atoms with Gasteiger partial charge in [0.1, 0.15) is 0 Å². The van der Waals surface area contributed by atoms with Crippen LogP contribution >= 0.6 is 0 Å². The first-order chi connectivity index (χ1) is 11.2. The standard InChI is InChI=1S/C21H29NO/c1-3-15-6-10-20-19-8-5-14-13-16(22-23)7-9-17(14)18(19)11-12-21(15,20)4-2/h1,13,15,17-20,23H,4-12H2,2H3/t15-,17+,18-,19-,20+,21-/m1/s1. The molecule has 2 heteroatoms. The number of hydrogen-bond acceptors (Lipinski definition) is 2. The summed E-state index contributed by atoms with van der Waals surface area (Å²) in [5.74, 6) is 7.04. The van der Waals surface area contributed by atoms with Gasteiger partial charge in [0.15, 0.2) is 0 Å². The van der Waals surface area contributed by atoms with Crippen molar-refractivity contribution in [2.75, 3.05) is 0 Å². The van der Waals surface area contributed by atoms with Gasteiger partial charge in [0.05, 0.1) is 5.71 Å². The number of oxime groups is 1. The molecule has 1 N–H and O–H groups in total. The van der Waals surface area contributed by atoms with Crippen LogP contribution in [0.4, 0.5) is 0 Å². The Morgan fingerprint density at radius 2 is 2.09 bits per heavy atom. The summed E-state index contributed by atoms with van der Waals surface area (Å²) in [6.45, 7) is 2.38. The smallest absolute Gasteiger partial charge is 0.0795 e. The van der Waals surface area contributed by atoms with Crippen molar-refractivity contribution in [1.82, 2.24) is 0 Å². The summed E-state index contributed by atoms with van der Waals surface area (Å²) >= 11 is 0. The lowest BCUT2D eigenvalue weighted by atomic mass is 9.50. The second-order valence-electron chi connectivity index (χ2n) is 8.35. The minimum Gasteiger partial charge on any atom is -0.411 e. The molecule has 124 valence electrons. The average molecular weight is 311 g/mol. The Morgan fingerprint density at radius 3 is 2.83 bits per heavy atom. The maximum atomic E-state index is 9.08. The Bertz CT molecular complexity index is 583. The van der Waals surface area contributed by atoms with Crippen molar-refractivity contribution in [3.8, 4) is 12.3 Å². The van der Waals surface area contributed by atoms with Crippen LogP contribution < -0.4 is 0 Å². The molecule has 0 heterocycles. The molecule has 4 aliphatic rings. The fourth-order valence-electron chi connectivity index (χ4n) is 7.02. The van der Waals surface area contributed by atoms with E-state index in [1.165, 1.54) is 51.4 Å². The Labute approximate surface area is 140 Å². The van der Waals surface area contributed by atoms with Crippen LogP contribution in [0.15, 0.2) is 16.8 Å². The zero-order chi connectivity index (χ0) is 16.0. The molecule has 0 aliphatic heterocycles. The van der Waals surface area contributed by atoms with Crippen LogP contribution in [-0.2, 0) is 0 Å². The summed E-state index contributed by atoms with van der Waals surface area (Å²) in [5.41, 5.74) is 2.91. The highest BCUT2D eigenvalue weighted by Gasteiger charge is 2.57. The minimum absolute atomic E-state index is 0.448. The summed E-state index contributed by atoms with van der Waals surface area (Å²) in [7, 11) is 0. The van der Waals surface area contributed by atoms with E-state index in [-0.39, 0.29) is 0 Å². The van der Waals surface area contributed by atoms with Crippen LogP contribution in [-0.4, -0.2) is 10.9 Å². The summed E-state index contributed by atoms with van der Waals surface area (Å²) in [4.78, 5) is 0. The molecule has 0 aromatic heterocycles. The average Bonchev–Trinajstić information content (AvgIpc) is 2.99. The van der Waals surface area contributed by atoms with Crippen molar-refractivity contribution in [3.05, 3.63) is 11.6 Å². The molecule has 0 radical (unpaired) electrons. The van der Waals surface area contributed by atoms with E-state index in [2.05, 4.69) is 24.1 Å². The quantitative estimate of drug-likeness (QED) is 0.411. The van der Waals surface area contributed by atoms with Crippen molar-refractivity contribution in [3.63, 3.8) is 0 Å². The van der Waals surface area contributed by atoms with E-state index in [1.807, 2.05) is 0 Å². The second-order valence-corrected chi connectivity index (χ2v) is 8.35. The van der Waals surface area contributed by atoms with Gasteiger partial charge in [-0.1, -0.05) is 17.7 Å². The predicted molar refractivity (Wildman–Crippen MR) is 93.2 cm³/mol. The number of rotatable bonds is 1. The highest BCUT2D eigenvalue weighted by molar-refractivity contribution is 5.96. The molecule has 0 saturated heterocycles. The van der Waals surface area contributed by atoms with Crippen molar-refractivity contribution in [2.45, 2.75) is 64.7 Å². The molecular formula is C21H29NO. The van der Waals surface area contributed by atoms with Crippen molar-refractivity contribution >= 4 is 5.71 Å². The molecule has 4 aliphatic carbocycles. The van der Waals surface area contributed by atoms with E-state index in [1.54, 1.807) is 5.57 Å². The largest absolute Gasteiger partial charge is 0.411 e. The monoisotopic (exact) mass is 311 g/mol. The van der Waals surface area contributed by atoms with Gasteiger partial charge >= 0.3 is 0 Å². The minimum atomic E-state index is 0.448. The summed E-state index contributed by atoms with van der Waals surface area (Å²) in [6, 6.07) is 0. The summed E-state index contributed by atoms with van der Waals surface area (Å²) in [6.07, 6.45) is 19.4. The van der Waals surface area contributed by atoms with Crippen molar-refractivity contribution < 1.29 is 5.21 Å². The van der Waals surface area contributed by atoms with Crippen molar-refractivity contribution in [2.24, 2.45) is 40.2 Å². The molecule has 0 amide bonds. The maximum absolute atomic E-state index is 9.08. The number of allylic oxidation sites excluding steroid dienone is 2. The van der Waals surface area contributed by atoms with E-state index in [0.717, 1.165) is 35.8 Å². The van der Waals surface area contributed by atoms with Gasteiger partial charge in [-0.05, 0) is 93.0 Å². The summed E-state index contributed by atoms with van der Waals surface area (Å²) < 4.78 is 0. The molecule has 0 spiro atoms. The molecule has 23 heavy (non-hydrogen) atoms. The summed E-state index contributed by atoms with van der Waals surface area (Å²) in [5, 5.41) is 12.5. The molecular weight excluding hydrogens is 282 g/mol. The van der Waals surface area contributed by atoms with Crippen LogP contribution in [0.3, 0.4) is 0 Å². The van der Waals surface area contributed by atoms with E-state index < -0.39 is 0 Å². The molecule has 3 saturated carbocycles. The van der Waals surface area contributed by atoms with Crippen LogP contribution in [0.5, 0.6) is 0 Å². The van der Waals surface area contributed by atoms with E-state index in [4.69, 9.17) is 11.6 Å². The van der Waals surface area contributed by atoms with E-state index in [9.17, 15) is 0 Å². The van der Waals surface area contributed by atoms with Crippen LogP contribution in [0, 0.1) is 47.3 Å². The predicted octanol–water partition coefficient (Wildman–Crippen LogP) is 5.03. The fraction of sp³-hybridized carbons (Fsp3) is 0.762. The van der Waals surface area contributed by atoms with Gasteiger partial charge in [-0.15, -0.1) is 12.3 Å². The second kappa shape index (κ2) is 5.69. The Hall–Kier alpha value is -1.23. The molecule has 0 unspecified atom stereocenters. The van der Waals surface area contributed by atoms with Gasteiger partial charge in [-0.25, -0.2) is 0 Å². The van der Waals surface area contributed by atoms with Gasteiger partial charge in [0.2, 0.25) is 0 Å². The first-order valence-electron chi connectivity index (χ1n) is 9.61. The lowest BCUT2D eigenvalue weighted by Crippen LogP contribution is -2.47. The topological polar surface area (TPSA) is 32.6 Å². The van der Waals surface area contributed by atoms with Gasteiger partial charge < -0.3 is 5.21 Å². The van der Waals surface area contributed by atoms with Gasteiger partial charge in [-0.2, -0.15) is 0 Å². The highest BCUT2D eigenvalue weighted by atomic mass is 16.4. The van der Waals surface area contributed by atoms with Gasteiger partial charge in [0.25, 0.3) is 0 Å². The first kappa shape index (κ1) is 15.3. The van der Waals surface area contributed by atoms with Crippen LogP contribution in [0.1, 0.15) is 64.7 Å². The normalized spacial score (nSPS) is 47.2. The van der Waals surface area contributed by atoms with Gasteiger partial charge in [0, 0.05) is 5.92 Å². The fourth-order valence-corrected chi connectivity index (χ4v) is 7.02. The van der Waals surface area contributed by atoms with Gasteiger partial charge in [-0.3, -0.25) is 0 Å². The molecule has 0 aromatic carbocycles. The third-order valence-electron chi connectivity index (χ3n) is 8.02. The number of terminal acetylenes is 1. The third kappa shape index (κ3) is 2.12. The lowest BCUT2D eigenvalue weighted by Gasteiger charge is -2.54. The Kier molecular flexibility index (Phi) is 3.79. The molecule has 0 bridgehead atoms. The SMILES string of the molecule is C#C[C@@H]1CC[C@H]2[C@@H]3CCC4=CC(=NO)CC[C@@H]4[C@H]3CC[C@]12CC. The first-order valence-corrected chi connectivity index (χ1v) is 9.61. The maximum Gasteiger partial charge on any atom is 0.0795 e. The molecule has 6 atom stereocenters. The lowest BCUT2D eigenvalue weighted by molar-refractivity contribution is -0.0244. The molecule has 4 rings (SSSR count). The Morgan fingerprint density at radius 1 is 1.22 bits per heavy atom. The number of fused-ring (bicyclic) bond motifs is 5. The number of nitrogens with zero attached hydrogens (tertiary/aromatic N) is 1. The zero-order valence-corrected chi connectivity index (χ0v) is 14.3. The third-order valence-corrected chi connectivity index (χ3v) is 8.02. The molecule has 3 fully saturated rings. The Balaban J connectivity index is 1.63. The number of hydrogen-bond donors (Lipinski definition) is 1. The highest BCUT2D eigenvalue weighted by Crippen LogP contribution is 2.64. The van der Waals surface area contributed by atoms with Crippen LogP contribution in [0.25, 0.3) is 0 Å². The van der Waals surface area contributed by atoms with Crippen LogP contribution in [0.2, 0.25) is 0 Å². The molecule has 0 aromatic rings. The van der Waals surface area contributed by atoms with E-state index in [0.29, 0.717) is 11.3 Å². The molecule has 2 nitrogen and oxygen atoms in total. The van der Waals surface area contributed by atoms with Crippen molar-refractivity contribution in [1.29, 1.82) is 0 Å². The zero-order valence-electron chi connectivity index (χ0n) is 14.3.